The van der Waals surface area contributed by atoms with Crippen molar-refractivity contribution in [2.75, 3.05) is 16.8 Å². The van der Waals surface area contributed by atoms with Gasteiger partial charge in [-0.15, -0.1) is 0 Å². The lowest BCUT2D eigenvalue weighted by Gasteiger charge is -2.27. The van der Waals surface area contributed by atoms with Crippen molar-refractivity contribution < 1.29 is 4.79 Å². The number of hydrogen-bond acceptors (Lipinski definition) is 2. The second-order valence-corrected chi connectivity index (χ2v) is 6.96. The van der Waals surface area contributed by atoms with Crippen LogP contribution in [0.2, 0.25) is 0 Å². The molecule has 0 fully saturated rings. The highest BCUT2D eigenvalue weighted by molar-refractivity contribution is 5.99. The molecule has 1 N–H and O–H groups in total. The molecule has 126 valence electrons. The van der Waals surface area contributed by atoms with Crippen molar-refractivity contribution in [2.45, 2.75) is 41.2 Å². The summed E-state index contributed by atoms with van der Waals surface area (Å²) in [5.74, 6) is 0.148. The van der Waals surface area contributed by atoms with Gasteiger partial charge in [-0.05, 0) is 67.6 Å². The molecule has 0 unspecified atom stereocenters. The summed E-state index contributed by atoms with van der Waals surface area (Å²) >= 11 is 0. The highest BCUT2D eigenvalue weighted by Crippen LogP contribution is 2.33. The van der Waals surface area contributed by atoms with Gasteiger partial charge in [-0.25, -0.2) is 0 Å². The third-order valence-electron chi connectivity index (χ3n) is 5.32. The summed E-state index contributed by atoms with van der Waals surface area (Å²) in [6.07, 6.45) is 0. The Balaban J connectivity index is 2.10. The SMILES string of the molecule is Cc1cc(C)c(C)c(CN2C(=O)[C@H](C)CNc3ccccc32)c1C. The monoisotopic (exact) mass is 322 g/mol. The zero-order valence-corrected chi connectivity index (χ0v) is 15.2. The molecule has 2 aromatic carbocycles. The topological polar surface area (TPSA) is 32.3 Å². The van der Waals surface area contributed by atoms with Gasteiger partial charge < -0.3 is 10.2 Å². The summed E-state index contributed by atoms with van der Waals surface area (Å²) in [5.41, 5.74) is 8.43. The first-order valence-corrected chi connectivity index (χ1v) is 8.60. The van der Waals surface area contributed by atoms with Gasteiger partial charge in [-0.2, -0.15) is 0 Å². The lowest BCUT2D eigenvalue weighted by atomic mass is 9.93. The van der Waals surface area contributed by atoms with Crippen LogP contribution in [0.1, 0.15) is 34.7 Å². The maximum Gasteiger partial charge on any atom is 0.231 e. The highest BCUT2D eigenvalue weighted by atomic mass is 16.2. The van der Waals surface area contributed by atoms with E-state index in [9.17, 15) is 4.79 Å². The van der Waals surface area contributed by atoms with E-state index in [1.54, 1.807) is 0 Å². The van der Waals surface area contributed by atoms with E-state index in [1.807, 2.05) is 30.0 Å². The number of benzene rings is 2. The molecule has 1 aliphatic rings. The molecule has 3 rings (SSSR count). The second kappa shape index (κ2) is 6.31. The molecule has 3 nitrogen and oxygen atoms in total. The molecule has 0 spiro atoms. The highest BCUT2D eigenvalue weighted by Gasteiger charge is 2.28. The van der Waals surface area contributed by atoms with E-state index in [1.165, 1.54) is 27.8 Å². The number of anilines is 2. The fourth-order valence-electron chi connectivity index (χ4n) is 3.45. The van der Waals surface area contributed by atoms with E-state index in [2.05, 4.69) is 45.1 Å². The number of amides is 1. The van der Waals surface area contributed by atoms with Crippen molar-refractivity contribution in [3.05, 3.63) is 58.1 Å². The van der Waals surface area contributed by atoms with Crippen LogP contribution < -0.4 is 10.2 Å². The number of hydrogen-bond donors (Lipinski definition) is 1. The maximum atomic E-state index is 13.0. The van der Waals surface area contributed by atoms with E-state index in [-0.39, 0.29) is 11.8 Å². The Morgan fingerprint density at radius 3 is 2.38 bits per heavy atom. The number of carbonyl (C=O) groups excluding carboxylic acids is 1. The molecule has 24 heavy (non-hydrogen) atoms. The average molecular weight is 322 g/mol. The number of aryl methyl sites for hydroxylation is 2. The number of carbonyl (C=O) groups is 1. The zero-order chi connectivity index (χ0) is 17.4. The van der Waals surface area contributed by atoms with E-state index >= 15 is 0 Å². The van der Waals surface area contributed by atoms with E-state index < -0.39 is 0 Å². The predicted octanol–water partition coefficient (Wildman–Crippen LogP) is 4.52. The predicted molar refractivity (Wildman–Crippen MR) is 101 cm³/mol. The van der Waals surface area contributed by atoms with Crippen LogP contribution in [0.4, 0.5) is 11.4 Å². The van der Waals surface area contributed by atoms with Crippen molar-refractivity contribution in [3.8, 4) is 0 Å². The van der Waals surface area contributed by atoms with E-state index in [0.717, 1.165) is 11.4 Å². The Hall–Kier alpha value is -2.29. The number of fused-ring (bicyclic) bond motifs is 1. The Morgan fingerprint density at radius 1 is 1.08 bits per heavy atom. The molecule has 1 heterocycles. The minimum Gasteiger partial charge on any atom is -0.383 e. The first kappa shape index (κ1) is 16.6. The van der Waals surface area contributed by atoms with Crippen molar-refractivity contribution in [3.63, 3.8) is 0 Å². The molecular formula is C21H26N2O. The molecule has 0 saturated heterocycles. The van der Waals surface area contributed by atoms with Crippen molar-refractivity contribution in [1.82, 2.24) is 0 Å². The number of rotatable bonds is 2. The fourth-order valence-corrected chi connectivity index (χ4v) is 3.45. The van der Waals surface area contributed by atoms with Crippen molar-refractivity contribution >= 4 is 17.3 Å². The van der Waals surface area contributed by atoms with Gasteiger partial charge in [0.2, 0.25) is 5.91 Å². The van der Waals surface area contributed by atoms with E-state index in [0.29, 0.717) is 13.1 Å². The average Bonchev–Trinajstić information content (AvgIpc) is 2.68. The summed E-state index contributed by atoms with van der Waals surface area (Å²) in [4.78, 5) is 14.9. The molecule has 0 bridgehead atoms. The van der Waals surface area contributed by atoms with Gasteiger partial charge in [-0.1, -0.05) is 25.1 Å². The third kappa shape index (κ3) is 2.79. The first-order chi connectivity index (χ1) is 11.4. The van der Waals surface area contributed by atoms with Crippen molar-refractivity contribution in [1.29, 1.82) is 0 Å². The summed E-state index contributed by atoms with van der Waals surface area (Å²) in [6.45, 7) is 11.9. The second-order valence-electron chi connectivity index (χ2n) is 6.96. The van der Waals surface area contributed by atoms with Crippen LogP contribution in [0.3, 0.4) is 0 Å². The zero-order valence-electron chi connectivity index (χ0n) is 15.2. The molecule has 2 aromatic rings. The van der Waals surface area contributed by atoms with Crippen LogP contribution in [0, 0.1) is 33.6 Å². The molecule has 3 heteroatoms. The number of nitrogens with zero attached hydrogens (tertiary/aromatic N) is 1. The van der Waals surface area contributed by atoms with Gasteiger partial charge >= 0.3 is 0 Å². The minimum absolute atomic E-state index is 0.0380. The fraction of sp³-hybridized carbons (Fsp3) is 0.381. The van der Waals surface area contributed by atoms with Crippen LogP contribution in [-0.4, -0.2) is 12.5 Å². The summed E-state index contributed by atoms with van der Waals surface area (Å²) in [6, 6.07) is 10.3. The quantitative estimate of drug-likeness (QED) is 0.882. The first-order valence-electron chi connectivity index (χ1n) is 8.60. The van der Waals surface area contributed by atoms with Crippen molar-refractivity contribution in [2.24, 2.45) is 5.92 Å². The van der Waals surface area contributed by atoms with Gasteiger partial charge in [0.1, 0.15) is 0 Å². The molecule has 1 amide bonds. The molecule has 0 aliphatic carbocycles. The summed E-state index contributed by atoms with van der Waals surface area (Å²) in [5, 5.41) is 3.41. The number of para-hydroxylation sites is 2. The van der Waals surface area contributed by atoms with Gasteiger partial charge in [0, 0.05) is 6.54 Å². The molecule has 1 atom stereocenters. The lowest BCUT2D eigenvalue weighted by Crippen LogP contribution is -2.35. The normalized spacial score (nSPS) is 17.3. The van der Waals surface area contributed by atoms with Gasteiger partial charge in [-0.3, -0.25) is 4.79 Å². The van der Waals surface area contributed by atoms with Crippen LogP contribution in [-0.2, 0) is 11.3 Å². The lowest BCUT2D eigenvalue weighted by molar-refractivity contribution is -0.121. The Bertz CT molecular complexity index is 768. The smallest absolute Gasteiger partial charge is 0.231 e. The summed E-state index contributed by atoms with van der Waals surface area (Å²) in [7, 11) is 0. The Kier molecular flexibility index (Phi) is 4.35. The van der Waals surface area contributed by atoms with Gasteiger partial charge in [0.15, 0.2) is 0 Å². The number of nitrogens with one attached hydrogen (secondary N) is 1. The standard InChI is InChI=1S/C21H26N2O/c1-13-10-14(2)17(5)18(16(13)4)12-23-20-9-7-6-8-19(20)22-11-15(3)21(23)24/h6-10,15,22H,11-12H2,1-5H3/t15-/m1/s1. The Labute approximate surface area is 144 Å². The van der Waals surface area contributed by atoms with Crippen LogP contribution in [0.5, 0.6) is 0 Å². The summed E-state index contributed by atoms with van der Waals surface area (Å²) < 4.78 is 0. The van der Waals surface area contributed by atoms with Gasteiger partial charge in [0.05, 0.1) is 23.8 Å². The molecule has 0 aromatic heterocycles. The van der Waals surface area contributed by atoms with Crippen LogP contribution in [0.25, 0.3) is 0 Å². The maximum absolute atomic E-state index is 13.0. The molecule has 1 aliphatic heterocycles. The van der Waals surface area contributed by atoms with E-state index in [4.69, 9.17) is 0 Å². The van der Waals surface area contributed by atoms with Crippen LogP contribution in [0.15, 0.2) is 30.3 Å². The molecule has 0 saturated carbocycles. The van der Waals surface area contributed by atoms with Crippen LogP contribution >= 0.6 is 0 Å². The largest absolute Gasteiger partial charge is 0.383 e. The van der Waals surface area contributed by atoms with Gasteiger partial charge in [0.25, 0.3) is 0 Å². The molecular weight excluding hydrogens is 296 g/mol. The molecule has 0 radical (unpaired) electrons. The third-order valence-corrected chi connectivity index (χ3v) is 5.32. The minimum atomic E-state index is -0.0380. The Morgan fingerprint density at radius 2 is 1.71 bits per heavy atom.